The van der Waals surface area contributed by atoms with Gasteiger partial charge in [0, 0.05) is 27.0 Å². The number of hydrogen-bond donors (Lipinski definition) is 0. The van der Waals surface area contributed by atoms with Crippen molar-refractivity contribution in [1.82, 2.24) is 5.01 Å². The molecule has 0 saturated heterocycles. The molecule has 2 atom stereocenters. The molecule has 2 aliphatic heterocycles. The average Bonchev–Trinajstić information content (AvgIpc) is 3.19. The third kappa shape index (κ3) is 3.40. The Hall–Kier alpha value is -2.70. The van der Waals surface area contributed by atoms with Crippen LogP contribution < -0.4 is 4.74 Å². The fraction of sp³-hybridized carbons (Fsp3) is 0.130. The van der Waals surface area contributed by atoms with Crippen molar-refractivity contribution in [2.45, 2.75) is 18.7 Å². The first kappa shape index (κ1) is 19.3. The van der Waals surface area contributed by atoms with E-state index in [1.807, 2.05) is 42.5 Å². The summed E-state index contributed by atoms with van der Waals surface area (Å²) in [6, 6.07) is 18.5. The molecule has 0 fully saturated rings. The molecule has 7 heteroatoms. The van der Waals surface area contributed by atoms with Crippen LogP contribution in [0.2, 0.25) is 5.02 Å². The number of nitrogens with zero attached hydrogens (tertiary/aromatic N) is 2. The summed E-state index contributed by atoms with van der Waals surface area (Å²) >= 11 is 9.54. The summed E-state index contributed by atoms with van der Waals surface area (Å²) in [6.45, 7) is 0. The molecule has 0 aromatic heterocycles. The molecule has 0 unspecified atom stereocenters. The van der Waals surface area contributed by atoms with Crippen molar-refractivity contribution in [2.24, 2.45) is 5.10 Å². The Morgan fingerprint density at radius 2 is 1.83 bits per heavy atom. The molecule has 0 saturated carbocycles. The van der Waals surface area contributed by atoms with Crippen molar-refractivity contribution < 1.29 is 13.9 Å². The summed E-state index contributed by atoms with van der Waals surface area (Å²) in [5, 5.41) is 7.12. The highest BCUT2D eigenvalue weighted by atomic mass is 79.9. The largest absolute Gasteiger partial charge is 0.461 e. The summed E-state index contributed by atoms with van der Waals surface area (Å²) in [5.41, 5.74) is 3.12. The second-order valence-corrected chi connectivity index (χ2v) is 8.53. The van der Waals surface area contributed by atoms with Crippen LogP contribution >= 0.6 is 27.5 Å². The minimum atomic E-state index is -0.932. The van der Waals surface area contributed by atoms with E-state index < -0.39 is 12.0 Å². The lowest BCUT2D eigenvalue weighted by Gasteiger charge is -2.37. The van der Waals surface area contributed by atoms with Gasteiger partial charge in [-0.2, -0.15) is 5.10 Å². The Balaban J connectivity index is 1.57. The van der Waals surface area contributed by atoms with E-state index in [1.54, 1.807) is 5.01 Å². The van der Waals surface area contributed by atoms with Crippen LogP contribution in [0.4, 0.5) is 4.39 Å². The van der Waals surface area contributed by atoms with Crippen molar-refractivity contribution >= 4 is 39.0 Å². The lowest BCUT2D eigenvalue weighted by Crippen LogP contribution is -2.45. The highest BCUT2D eigenvalue weighted by Gasteiger charge is 2.43. The average molecular weight is 486 g/mol. The number of carbonyl (C=O) groups is 1. The lowest BCUT2D eigenvalue weighted by molar-refractivity contribution is -0.00459. The van der Waals surface area contributed by atoms with Gasteiger partial charge in [-0.25, -0.2) is 9.40 Å². The Labute approximate surface area is 186 Å². The van der Waals surface area contributed by atoms with E-state index in [1.165, 1.54) is 24.3 Å². The van der Waals surface area contributed by atoms with Crippen LogP contribution in [0, 0.1) is 5.82 Å². The number of hydrazone groups is 1. The molecular weight excluding hydrogens is 471 g/mol. The van der Waals surface area contributed by atoms with Crippen LogP contribution in [0.25, 0.3) is 0 Å². The predicted molar refractivity (Wildman–Crippen MR) is 116 cm³/mol. The van der Waals surface area contributed by atoms with Gasteiger partial charge in [0.1, 0.15) is 11.6 Å². The zero-order chi connectivity index (χ0) is 20.8. The molecule has 0 radical (unpaired) electrons. The fourth-order valence-corrected chi connectivity index (χ4v) is 4.31. The predicted octanol–water partition coefficient (Wildman–Crippen LogP) is 5.99. The number of ether oxygens (including phenoxy) is 1. The van der Waals surface area contributed by atoms with Gasteiger partial charge in [0.2, 0.25) is 5.78 Å². The maximum Gasteiger partial charge on any atom is 0.251 e. The number of Topliss-reactive ketones (excluding diaryl/α,β-unsaturated/α-hetero) is 1. The van der Waals surface area contributed by atoms with E-state index in [0.29, 0.717) is 22.8 Å². The molecule has 0 spiro atoms. The van der Waals surface area contributed by atoms with Crippen LogP contribution in [0.15, 0.2) is 76.3 Å². The number of ketones is 1. The summed E-state index contributed by atoms with van der Waals surface area (Å²) in [6.07, 6.45) is -0.305. The van der Waals surface area contributed by atoms with Crippen LogP contribution in [0.3, 0.4) is 0 Å². The van der Waals surface area contributed by atoms with Gasteiger partial charge in [-0.05, 0) is 60.2 Å². The monoisotopic (exact) mass is 484 g/mol. The van der Waals surface area contributed by atoms with E-state index >= 15 is 0 Å². The Morgan fingerprint density at radius 1 is 1.10 bits per heavy atom. The van der Waals surface area contributed by atoms with Crippen molar-refractivity contribution in [3.63, 3.8) is 0 Å². The van der Waals surface area contributed by atoms with Crippen LogP contribution in [-0.4, -0.2) is 22.7 Å². The molecule has 3 aromatic carbocycles. The van der Waals surface area contributed by atoms with Crippen LogP contribution in [0.5, 0.6) is 5.75 Å². The molecular formula is C23H15BrClFN2O2. The van der Waals surface area contributed by atoms with E-state index in [-0.39, 0.29) is 11.8 Å². The van der Waals surface area contributed by atoms with E-state index in [4.69, 9.17) is 21.4 Å². The Morgan fingerprint density at radius 3 is 2.57 bits per heavy atom. The third-order valence-corrected chi connectivity index (χ3v) is 6.03. The summed E-state index contributed by atoms with van der Waals surface area (Å²) in [5.74, 6) is -0.0180. The van der Waals surface area contributed by atoms with Crippen LogP contribution in [-0.2, 0) is 0 Å². The lowest BCUT2D eigenvalue weighted by atomic mass is 9.96. The SMILES string of the molecule is O=C(c1ccc(F)cc1)[C@H]1Oc2ccc(Br)cc2[C@H]2CC(c3ccc(Cl)cc3)=NN12. The summed E-state index contributed by atoms with van der Waals surface area (Å²) in [4.78, 5) is 13.2. The number of carbonyl (C=O) groups excluding carboxylic acids is 1. The molecule has 2 aliphatic rings. The van der Waals surface area contributed by atoms with Crippen molar-refractivity contribution in [3.05, 3.63) is 98.7 Å². The number of benzene rings is 3. The number of fused-ring (bicyclic) bond motifs is 3. The maximum absolute atomic E-state index is 13.3. The molecule has 30 heavy (non-hydrogen) atoms. The van der Waals surface area contributed by atoms with Crippen LogP contribution in [0.1, 0.15) is 33.9 Å². The zero-order valence-corrected chi connectivity index (χ0v) is 17.9. The standard InChI is InChI=1S/C23H15BrClFN2O2/c24-15-5-10-21-18(11-15)20-12-19(13-1-6-16(25)7-2-13)27-28(20)23(30-21)22(29)14-3-8-17(26)9-4-14/h1-11,20,23H,12H2/t20-,23-/m1/s1. The first-order chi connectivity index (χ1) is 14.5. The van der Waals surface area contributed by atoms with E-state index in [0.717, 1.165) is 21.3 Å². The maximum atomic E-state index is 13.3. The molecule has 5 rings (SSSR count). The van der Waals surface area contributed by atoms with Crippen molar-refractivity contribution in [1.29, 1.82) is 0 Å². The summed E-state index contributed by atoms with van der Waals surface area (Å²) in [7, 11) is 0. The third-order valence-electron chi connectivity index (χ3n) is 5.28. The molecule has 0 amide bonds. The molecule has 0 aliphatic carbocycles. The molecule has 0 bridgehead atoms. The second-order valence-electron chi connectivity index (χ2n) is 7.18. The minimum Gasteiger partial charge on any atom is -0.461 e. The highest BCUT2D eigenvalue weighted by Crippen LogP contribution is 2.44. The molecule has 150 valence electrons. The topological polar surface area (TPSA) is 41.9 Å². The van der Waals surface area contributed by atoms with Gasteiger partial charge in [0.25, 0.3) is 6.23 Å². The van der Waals surface area contributed by atoms with Gasteiger partial charge in [-0.1, -0.05) is 39.7 Å². The molecule has 2 heterocycles. The first-order valence-electron chi connectivity index (χ1n) is 9.37. The van der Waals surface area contributed by atoms with Gasteiger partial charge < -0.3 is 4.74 Å². The molecule has 4 nitrogen and oxygen atoms in total. The zero-order valence-electron chi connectivity index (χ0n) is 15.6. The van der Waals surface area contributed by atoms with Gasteiger partial charge in [-0.15, -0.1) is 0 Å². The second kappa shape index (κ2) is 7.52. The van der Waals surface area contributed by atoms with Gasteiger partial charge in [0.15, 0.2) is 0 Å². The fourth-order valence-electron chi connectivity index (χ4n) is 3.80. The molecule has 3 aromatic rings. The van der Waals surface area contributed by atoms with Gasteiger partial charge in [0.05, 0.1) is 11.8 Å². The smallest absolute Gasteiger partial charge is 0.251 e. The van der Waals surface area contributed by atoms with E-state index in [2.05, 4.69) is 15.9 Å². The Kier molecular flexibility index (Phi) is 4.83. The minimum absolute atomic E-state index is 0.147. The first-order valence-corrected chi connectivity index (χ1v) is 10.5. The number of hydrogen-bond acceptors (Lipinski definition) is 4. The van der Waals surface area contributed by atoms with Gasteiger partial charge >= 0.3 is 0 Å². The highest BCUT2D eigenvalue weighted by molar-refractivity contribution is 9.10. The van der Waals surface area contributed by atoms with Crippen molar-refractivity contribution in [2.75, 3.05) is 0 Å². The van der Waals surface area contributed by atoms with E-state index in [9.17, 15) is 9.18 Å². The normalized spacial score (nSPS) is 19.6. The number of rotatable bonds is 3. The van der Waals surface area contributed by atoms with Crippen molar-refractivity contribution in [3.8, 4) is 5.75 Å². The Bertz CT molecular complexity index is 1160. The molecule has 0 N–H and O–H groups in total. The van der Waals surface area contributed by atoms with Gasteiger partial charge in [-0.3, -0.25) is 4.79 Å². The quantitative estimate of drug-likeness (QED) is 0.428. The number of halogens is 3. The summed E-state index contributed by atoms with van der Waals surface area (Å²) < 4.78 is 20.3.